The minimum absolute atomic E-state index is 0.223. The van der Waals surface area contributed by atoms with E-state index in [1.165, 1.54) is 6.92 Å². The fourth-order valence-corrected chi connectivity index (χ4v) is 5.37. The van der Waals surface area contributed by atoms with Crippen LogP contribution in [0.4, 0.5) is 0 Å². The van der Waals surface area contributed by atoms with E-state index in [0.717, 1.165) is 0 Å². The lowest BCUT2D eigenvalue weighted by atomic mass is 9.50. The molecule has 1 spiro atoms. The van der Waals surface area contributed by atoms with E-state index in [9.17, 15) is 24.9 Å². The van der Waals surface area contributed by atoms with Crippen molar-refractivity contribution in [2.75, 3.05) is 13.2 Å². The number of rotatable bonds is 2. The Bertz CT molecular complexity index is 682. The zero-order valence-electron chi connectivity index (χ0n) is 14.3. The monoisotopic (exact) mass is 354 g/mol. The summed E-state index contributed by atoms with van der Waals surface area (Å²) >= 11 is 0. The van der Waals surface area contributed by atoms with Crippen LogP contribution in [0, 0.1) is 10.8 Å². The van der Waals surface area contributed by atoms with E-state index >= 15 is 0 Å². The molecule has 3 fully saturated rings. The number of ether oxygens (including phenoxy) is 3. The molecule has 8 atom stereocenters. The highest BCUT2D eigenvalue weighted by molar-refractivity contribution is 6.00. The number of Topliss-reactive ketones (excluding diaryl/α,β-unsaturated/α-hetero) is 1. The topological polar surface area (TPSA) is 126 Å². The Morgan fingerprint density at radius 3 is 2.60 bits per heavy atom. The SMILES string of the molecule is CC(=O)O[C@@H]1[C@@H](O)[C@H]2O[C@@H]3C=C(C)C(=O)[C@@H](O)[C@]3(CO)C1(C)[C@]21CO1. The largest absolute Gasteiger partial charge is 0.459 e. The number of aliphatic hydroxyl groups is 3. The van der Waals surface area contributed by atoms with Crippen molar-refractivity contribution < 1.29 is 39.1 Å². The van der Waals surface area contributed by atoms with Crippen molar-refractivity contribution in [1.82, 2.24) is 0 Å². The Morgan fingerprint density at radius 1 is 1.44 bits per heavy atom. The smallest absolute Gasteiger partial charge is 0.303 e. The molecule has 0 aromatic heterocycles. The standard InChI is InChI=1S/C17H22O8/c1-7-4-9-16(5-18,12(22)10(7)20)15(3)13(24-8(2)19)11(21)14(25-9)17(15)6-23-17/h4,9,11-14,18,21-22H,5-6H2,1-3H3/t9-,11-,12-,13-,14-,15?,16-,17+/m1/s1. The minimum Gasteiger partial charge on any atom is -0.459 e. The molecule has 8 nitrogen and oxygen atoms in total. The van der Waals surface area contributed by atoms with Crippen LogP contribution in [0.2, 0.25) is 0 Å². The average Bonchev–Trinajstić information content (AvgIpc) is 3.33. The lowest BCUT2D eigenvalue weighted by Crippen LogP contribution is -2.72. The molecule has 4 rings (SSSR count). The van der Waals surface area contributed by atoms with Gasteiger partial charge in [0.2, 0.25) is 0 Å². The third kappa shape index (κ3) is 1.65. The highest BCUT2D eigenvalue weighted by atomic mass is 16.7. The predicted octanol–water partition coefficient (Wildman–Crippen LogP) is -1.30. The highest BCUT2D eigenvalue weighted by Crippen LogP contribution is 2.71. The van der Waals surface area contributed by atoms with Gasteiger partial charge in [-0.15, -0.1) is 0 Å². The van der Waals surface area contributed by atoms with Crippen LogP contribution >= 0.6 is 0 Å². The van der Waals surface area contributed by atoms with Crippen molar-refractivity contribution in [3.05, 3.63) is 11.6 Å². The third-order valence-electron chi connectivity index (χ3n) is 6.83. The second-order valence-electron chi connectivity index (χ2n) is 7.69. The van der Waals surface area contributed by atoms with E-state index in [2.05, 4.69) is 0 Å². The molecule has 3 N–H and O–H groups in total. The van der Waals surface area contributed by atoms with Crippen LogP contribution in [0.3, 0.4) is 0 Å². The molecule has 2 bridgehead atoms. The van der Waals surface area contributed by atoms with Gasteiger partial charge in [0.05, 0.1) is 30.1 Å². The Kier molecular flexibility index (Phi) is 3.35. The van der Waals surface area contributed by atoms with Crippen LogP contribution in [0.5, 0.6) is 0 Å². The lowest BCUT2D eigenvalue weighted by molar-refractivity contribution is -0.255. The molecule has 2 aliphatic heterocycles. The van der Waals surface area contributed by atoms with Crippen LogP contribution in [0.1, 0.15) is 20.8 Å². The van der Waals surface area contributed by atoms with Crippen molar-refractivity contribution in [2.45, 2.75) is 56.9 Å². The number of aliphatic hydroxyl groups excluding tert-OH is 3. The van der Waals surface area contributed by atoms with Gasteiger partial charge in [0, 0.05) is 6.92 Å². The predicted molar refractivity (Wildman–Crippen MR) is 81.3 cm³/mol. The molecule has 1 unspecified atom stereocenters. The number of ketones is 1. The molecule has 0 aromatic carbocycles. The quantitative estimate of drug-likeness (QED) is 0.413. The van der Waals surface area contributed by atoms with E-state index in [1.54, 1.807) is 19.9 Å². The number of hydrogen-bond donors (Lipinski definition) is 3. The summed E-state index contributed by atoms with van der Waals surface area (Å²) in [4.78, 5) is 24.1. The van der Waals surface area contributed by atoms with Crippen molar-refractivity contribution in [2.24, 2.45) is 10.8 Å². The van der Waals surface area contributed by atoms with Crippen LogP contribution in [-0.2, 0) is 23.8 Å². The first-order valence-electron chi connectivity index (χ1n) is 8.33. The van der Waals surface area contributed by atoms with Gasteiger partial charge in [-0.05, 0) is 18.6 Å². The van der Waals surface area contributed by atoms with Crippen LogP contribution in [0.25, 0.3) is 0 Å². The van der Waals surface area contributed by atoms with Crippen LogP contribution in [-0.4, -0.2) is 76.4 Å². The van der Waals surface area contributed by atoms with Gasteiger partial charge in [0.25, 0.3) is 0 Å². The summed E-state index contributed by atoms with van der Waals surface area (Å²) in [7, 11) is 0. The fourth-order valence-electron chi connectivity index (χ4n) is 5.37. The van der Waals surface area contributed by atoms with E-state index in [0.29, 0.717) is 5.57 Å². The maximum atomic E-state index is 12.5. The van der Waals surface area contributed by atoms with Gasteiger partial charge >= 0.3 is 5.97 Å². The van der Waals surface area contributed by atoms with Gasteiger partial charge in [-0.2, -0.15) is 0 Å². The van der Waals surface area contributed by atoms with Gasteiger partial charge in [-0.25, -0.2) is 0 Å². The van der Waals surface area contributed by atoms with Gasteiger partial charge in [-0.1, -0.05) is 6.92 Å². The Balaban J connectivity index is 1.96. The minimum atomic E-state index is -1.57. The molecule has 25 heavy (non-hydrogen) atoms. The summed E-state index contributed by atoms with van der Waals surface area (Å²) < 4.78 is 17.1. The molecule has 8 heteroatoms. The van der Waals surface area contributed by atoms with Crippen molar-refractivity contribution in [3.8, 4) is 0 Å². The molecule has 2 saturated heterocycles. The molecule has 138 valence electrons. The highest BCUT2D eigenvalue weighted by Gasteiger charge is 2.87. The maximum Gasteiger partial charge on any atom is 0.303 e. The Labute approximate surface area is 144 Å². The number of epoxide rings is 1. The molecule has 2 aliphatic carbocycles. The maximum absolute atomic E-state index is 12.5. The molecule has 1 saturated carbocycles. The molecule has 4 aliphatic rings. The van der Waals surface area contributed by atoms with Gasteiger partial charge in [-0.3, -0.25) is 9.59 Å². The van der Waals surface area contributed by atoms with E-state index in [4.69, 9.17) is 14.2 Å². The molecule has 0 aromatic rings. The van der Waals surface area contributed by atoms with E-state index in [1.807, 2.05) is 0 Å². The fraction of sp³-hybridized carbons (Fsp3) is 0.765. The second kappa shape index (κ2) is 4.89. The first-order chi connectivity index (χ1) is 11.7. The van der Waals surface area contributed by atoms with E-state index in [-0.39, 0.29) is 6.61 Å². The molecular weight excluding hydrogens is 332 g/mol. The number of hydrogen-bond acceptors (Lipinski definition) is 8. The van der Waals surface area contributed by atoms with Gasteiger partial charge in [0.1, 0.15) is 30.0 Å². The average molecular weight is 354 g/mol. The number of esters is 1. The summed E-state index contributed by atoms with van der Waals surface area (Å²) in [6, 6.07) is 0. The summed E-state index contributed by atoms with van der Waals surface area (Å²) in [5, 5.41) is 32.0. The van der Waals surface area contributed by atoms with Gasteiger partial charge in [0.15, 0.2) is 5.78 Å². The zero-order chi connectivity index (χ0) is 18.4. The molecule has 0 amide bonds. The number of carbonyl (C=O) groups excluding carboxylic acids is 2. The van der Waals surface area contributed by atoms with Crippen molar-refractivity contribution >= 4 is 11.8 Å². The molecule has 2 heterocycles. The first kappa shape index (κ1) is 17.1. The Morgan fingerprint density at radius 2 is 2.08 bits per heavy atom. The van der Waals surface area contributed by atoms with Gasteiger partial charge < -0.3 is 29.5 Å². The summed E-state index contributed by atoms with van der Waals surface area (Å²) in [6.45, 7) is 4.11. The second-order valence-corrected chi connectivity index (χ2v) is 7.69. The first-order valence-corrected chi connectivity index (χ1v) is 8.33. The van der Waals surface area contributed by atoms with Crippen molar-refractivity contribution in [3.63, 3.8) is 0 Å². The van der Waals surface area contributed by atoms with E-state index < -0.39 is 65.3 Å². The summed E-state index contributed by atoms with van der Waals surface area (Å²) in [6.07, 6.45) is -3.87. The Hall–Kier alpha value is -1.32. The molecular formula is C17H22O8. The molecule has 0 radical (unpaired) electrons. The number of fused-ring (bicyclic) bond motifs is 2. The zero-order valence-corrected chi connectivity index (χ0v) is 14.3. The number of carbonyl (C=O) groups is 2. The van der Waals surface area contributed by atoms with Crippen molar-refractivity contribution in [1.29, 1.82) is 0 Å². The normalized spacial score (nSPS) is 53.4. The summed E-state index contributed by atoms with van der Waals surface area (Å²) in [5.41, 5.74) is -3.39. The van der Waals surface area contributed by atoms with Crippen LogP contribution in [0.15, 0.2) is 11.6 Å². The van der Waals surface area contributed by atoms with Crippen LogP contribution < -0.4 is 0 Å². The lowest BCUT2D eigenvalue weighted by Gasteiger charge is -2.58. The summed E-state index contributed by atoms with van der Waals surface area (Å²) in [5.74, 6) is -1.13. The third-order valence-corrected chi connectivity index (χ3v) is 6.83.